The Morgan fingerprint density at radius 1 is 1.09 bits per heavy atom. The predicted molar refractivity (Wildman–Crippen MR) is 118 cm³/mol. The largest absolute Gasteiger partial charge is 0.416 e. The Balaban J connectivity index is 1.86. The first kappa shape index (κ1) is 21.8. The number of likely N-dealkylation sites (N-methyl/N-ethyl adjacent to an activating group) is 1. The zero-order valence-corrected chi connectivity index (χ0v) is 18.1. The van der Waals surface area contributed by atoms with Gasteiger partial charge in [0.25, 0.3) is 0 Å². The highest BCUT2D eigenvalue weighted by atomic mass is 19.4. The van der Waals surface area contributed by atoms with E-state index in [9.17, 15) is 28.0 Å². The van der Waals surface area contributed by atoms with Crippen LogP contribution in [-0.2, 0) is 21.2 Å². The normalized spacial score (nSPS) is 22.3. The zero-order valence-electron chi connectivity index (χ0n) is 18.1. The van der Waals surface area contributed by atoms with Crippen molar-refractivity contribution < 1.29 is 22.8 Å². The molecule has 2 aliphatic heterocycles. The summed E-state index contributed by atoms with van der Waals surface area (Å²) in [6.45, 7) is 0. The van der Waals surface area contributed by atoms with E-state index in [0.29, 0.717) is 29.8 Å². The molecule has 3 aliphatic rings. The number of nitrogens with two attached hydrogens (primary N) is 1. The van der Waals surface area contributed by atoms with Crippen molar-refractivity contribution >= 4 is 23.1 Å². The summed E-state index contributed by atoms with van der Waals surface area (Å²) in [5.74, 6) is -0.967. The molecule has 2 heterocycles. The highest BCUT2D eigenvalue weighted by molar-refractivity contribution is 6.20. The van der Waals surface area contributed by atoms with Gasteiger partial charge in [-0.3, -0.25) is 14.5 Å². The van der Waals surface area contributed by atoms with Gasteiger partial charge in [0.15, 0.2) is 5.78 Å². The number of rotatable bonds is 1. The molecule has 0 saturated carbocycles. The van der Waals surface area contributed by atoms with E-state index in [1.807, 2.05) is 6.07 Å². The minimum absolute atomic E-state index is 0.0733. The number of carbonyl (C=O) groups excluding carboxylic acids is 2. The molecule has 9 heteroatoms. The van der Waals surface area contributed by atoms with E-state index in [-0.39, 0.29) is 34.9 Å². The van der Waals surface area contributed by atoms with Crippen LogP contribution < -0.4 is 15.5 Å². The van der Waals surface area contributed by atoms with Crippen LogP contribution in [0.2, 0.25) is 0 Å². The summed E-state index contributed by atoms with van der Waals surface area (Å²) < 4.78 is 40.3. The number of amides is 1. The number of hydrogen-bond acceptors (Lipinski definition) is 5. The highest BCUT2D eigenvalue weighted by Gasteiger charge is 2.61. The molecular weight excluding hydrogens is 445 g/mol. The number of Topliss-reactive ketones (excluding diaryl/α,β-unsaturated/α-hetero) is 1. The van der Waals surface area contributed by atoms with Crippen molar-refractivity contribution in [3.63, 3.8) is 0 Å². The van der Waals surface area contributed by atoms with E-state index >= 15 is 0 Å². The molecule has 1 spiro atoms. The van der Waals surface area contributed by atoms with Crippen LogP contribution in [0.25, 0.3) is 0 Å². The number of nitriles is 1. The lowest BCUT2D eigenvalue weighted by molar-refractivity contribution is -0.137. The van der Waals surface area contributed by atoms with Gasteiger partial charge in [-0.1, -0.05) is 24.3 Å². The van der Waals surface area contributed by atoms with Gasteiger partial charge in [-0.25, -0.2) is 0 Å². The van der Waals surface area contributed by atoms with Crippen LogP contribution >= 0.6 is 0 Å². The predicted octanol–water partition coefficient (Wildman–Crippen LogP) is 4.14. The third-order valence-corrected chi connectivity index (χ3v) is 6.74. The molecule has 0 aromatic heterocycles. The minimum Gasteiger partial charge on any atom is -0.384 e. The van der Waals surface area contributed by atoms with Crippen molar-refractivity contribution in [1.82, 2.24) is 0 Å². The number of allylic oxidation sites excluding steroid dienone is 1. The number of anilines is 2. The number of nitrogens with zero attached hydrogens (tertiary/aromatic N) is 3. The van der Waals surface area contributed by atoms with Gasteiger partial charge in [0, 0.05) is 41.7 Å². The van der Waals surface area contributed by atoms with E-state index in [4.69, 9.17) is 5.73 Å². The summed E-state index contributed by atoms with van der Waals surface area (Å²) in [4.78, 5) is 30.0. The number of fused-ring (bicyclic) bond motifs is 3. The lowest BCUT2D eigenvalue weighted by Gasteiger charge is -2.43. The standard InChI is InChI=1S/C25H19F3N4O2/c1-31-18-9-3-2-8-16(18)24(23(31)34)17(13-29)22(30)32(19-10-5-11-20(33)21(19)24)15-7-4-6-14(12-15)25(26,27)28/h2-4,6-9,12H,5,10-11,30H2,1H3/t24-/m0/s1. The van der Waals surface area contributed by atoms with Crippen LogP contribution in [0, 0.1) is 11.3 Å². The minimum atomic E-state index is -4.59. The maximum Gasteiger partial charge on any atom is 0.416 e. The Morgan fingerprint density at radius 2 is 1.82 bits per heavy atom. The van der Waals surface area contributed by atoms with Gasteiger partial charge in [0.1, 0.15) is 17.3 Å². The van der Waals surface area contributed by atoms with Crippen molar-refractivity contribution in [2.45, 2.75) is 30.9 Å². The zero-order chi connectivity index (χ0) is 24.4. The molecule has 0 saturated heterocycles. The van der Waals surface area contributed by atoms with Gasteiger partial charge in [-0.05, 0) is 37.1 Å². The van der Waals surface area contributed by atoms with E-state index in [1.54, 1.807) is 31.3 Å². The smallest absolute Gasteiger partial charge is 0.384 e. The van der Waals surface area contributed by atoms with Crippen molar-refractivity contribution in [3.05, 3.63) is 82.3 Å². The van der Waals surface area contributed by atoms with Gasteiger partial charge in [0.05, 0.1) is 11.1 Å². The molecular formula is C25H19F3N4O2. The fourth-order valence-corrected chi connectivity index (χ4v) is 5.35. The molecule has 1 aliphatic carbocycles. The Morgan fingerprint density at radius 3 is 2.53 bits per heavy atom. The summed E-state index contributed by atoms with van der Waals surface area (Å²) in [7, 11) is 1.56. The topological polar surface area (TPSA) is 90.4 Å². The van der Waals surface area contributed by atoms with Crippen molar-refractivity contribution in [3.8, 4) is 6.07 Å². The molecule has 0 fully saturated rings. The Kier molecular flexibility index (Phi) is 4.62. The molecule has 2 N–H and O–H groups in total. The first-order valence-corrected chi connectivity index (χ1v) is 10.7. The van der Waals surface area contributed by atoms with Gasteiger partial charge < -0.3 is 10.6 Å². The quantitative estimate of drug-likeness (QED) is 0.685. The number of ketones is 1. The van der Waals surface area contributed by atoms with Crippen molar-refractivity contribution in [2.75, 3.05) is 16.8 Å². The lowest BCUT2D eigenvalue weighted by atomic mass is 9.64. The molecule has 2 aromatic carbocycles. The summed E-state index contributed by atoms with van der Waals surface area (Å²) in [5.41, 5.74) is 5.26. The van der Waals surface area contributed by atoms with Crippen molar-refractivity contribution in [2.24, 2.45) is 5.73 Å². The second kappa shape index (κ2) is 7.22. The van der Waals surface area contributed by atoms with E-state index in [0.717, 1.165) is 12.1 Å². The first-order chi connectivity index (χ1) is 16.1. The summed E-state index contributed by atoms with van der Waals surface area (Å²) >= 11 is 0. The third-order valence-electron chi connectivity index (χ3n) is 6.74. The number of para-hydroxylation sites is 1. The lowest BCUT2D eigenvalue weighted by Crippen LogP contribution is -2.52. The maximum atomic E-state index is 13.8. The van der Waals surface area contributed by atoms with E-state index < -0.39 is 23.1 Å². The molecule has 1 atom stereocenters. The second-order valence-electron chi connectivity index (χ2n) is 8.49. The van der Waals surface area contributed by atoms with Gasteiger partial charge in [-0.2, -0.15) is 18.4 Å². The van der Waals surface area contributed by atoms with Crippen LogP contribution in [0.15, 0.2) is 71.2 Å². The Bertz CT molecular complexity index is 1370. The average molecular weight is 464 g/mol. The SMILES string of the molecule is CN1C(=O)[C@]2(C(C#N)=C(N)N(c3cccc(C(F)(F)F)c3)C3=C2C(=O)CCC3)c2ccccc21. The molecule has 2 aromatic rings. The van der Waals surface area contributed by atoms with Gasteiger partial charge in [-0.15, -0.1) is 0 Å². The fraction of sp³-hybridized carbons (Fsp3) is 0.240. The molecule has 6 nitrogen and oxygen atoms in total. The highest BCUT2D eigenvalue weighted by Crippen LogP contribution is 2.56. The first-order valence-electron chi connectivity index (χ1n) is 10.7. The maximum absolute atomic E-state index is 13.8. The summed E-state index contributed by atoms with van der Waals surface area (Å²) in [6, 6.07) is 13.5. The number of halogens is 3. The number of carbonyl (C=O) groups is 2. The Labute approximate surface area is 193 Å². The van der Waals surface area contributed by atoms with Crippen LogP contribution in [-0.4, -0.2) is 18.7 Å². The summed E-state index contributed by atoms with van der Waals surface area (Å²) in [6.07, 6.45) is -3.66. The monoisotopic (exact) mass is 464 g/mol. The van der Waals surface area contributed by atoms with Crippen molar-refractivity contribution in [1.29, 1.82) is 5.26 Å². The van der Waals surface area contributed by atoms with Crippen LogP contribution in [0.4, 0.5) is 24.5 Å². The summed E-state index contributed by atoms with van der Waals surface area (Å²) in [5, 5.41) is 10.2. The number of hydrogen-bond donors (Lipinski definition) is 1. The molecule has 5 rings (SSSR count). The van der Waals surface area contributed by atoms with Gasteiger partial charge >= 0.3 is 6.18 Å². The van der Waals surface area contributed by atoms with Crippen LogP contribution in [0.5, 0.6) is 0 Å². The fourth-order valence-electron chi connectivity index (χ4n) is 5.35. The van der Waals surface area contributed by atoms with Crippen LogP contribution in [0.3, 0.4) is 0 Å². The molecule has 0 bridgehead atoms. The molecule has 34 heavy (non-hydrogen) atoms. The number of benzene rings is 2. The second-order valence-corrected chi connectivity index (χ2v) is 8.49. The molecule has 1 amide bonds. The molecule has 0 unspecified atom stereocenters. The van der Waals surface area contributed by atoms with E-state index in [2.05, 4.69) is 0 Å². The average Bonchev–Trinajstić information content (AvgIpc) is 3.02. The van der Waals surface area contributed by atoms with Crippen LogP contribution in [0.1, 0.15) is 30.4 Å². The number of alkyl halides is 3. The van der Waals surface area contributed by atoms with Gasteiger partial charge in [0.2, 0.25) is 5.91 Å². The Hall–Kier alpha value is -4.06. The third kappa shape index (κ3) is 2.68. The van der Waals surface area contributed by atoms with E-state index in [1.165, 1.54) is 21.9 Å². The molecule has 172 valence electrons. The molecule has 0 radical (unpaired) electrons.